The normalized spacial score (nSPS) is 15.9. The van der Waals surface area contributed by atoms with Crippen molar-refractivity contribution in [1.29, 1.82) is 0 Å². The van der Waals surface area contributed by atoms with Gasteiger partial charge in [-0.15, -0.1) is 11.3 Å². The topological polar surface area (TPSA) is 15.7 Å². The zero-order valence-electron chi connectivity index (χ0n) is 33.1. The summed E-state index contributed by atoms with van der Waals surface area (Å²) in [6.45, 7) is 18.9. The van der Waals surface area contributed by atoms with Gasteiger partial charge in [0.2, 0.25) is 0 Å². The summed E-state index contributed by atoms with van der Waals surface area (Å²) in [6.07, 6.45) is 1.13. The third-order valence-electron chi connectivity index (χ3n) is 12.3. The minimum absolute atomic E-state index is 0.0121. The molecule has 0 bridgehead atoms. The second kappa shape index (κ2) is 11.9. The van der Waals surface area contributed by atoms with Crippen molar-refractivity contribution in [3.8, 4) is 11.5 Å². The molecule has 6 aromatic carbocycles. The Hall–Kier alpha value is -5.26. The molecular weight excluding hydrogens is 687 g/mol. The van der Waals surface area contributed by atoms with Gasteiger partial charge in [-0.2, -0.15) is 0 Å². The monoisotopic (exact) mass is 734 g/mol. The summed E-state index contributed by atoms with van der Waals surface area (Å²) in [4.78, 5) is 4.96. The maximum Gasteiger partial charge on any atom is 0.268 e. The molecule has 3 aliphatic rings. The Balaban J connectivity index is 1.32. The summed E-state index contributed by atoms with van der Waals surface area (Å²) >= 11 is 1.95. The van der Waals surface area contributed by atoms with Crippen LogP contribution in [0.15, 0.2) is 127 Å². The number of hydrogen-bond acceptors (Lipinski definition) is 4. The lowest BCUT2D eigenvalue weighted by Gasteiger charge is -2.40. The van der Waals surface area contributed by atoms with Crippen molar-refractivity contribution in [3.63, 3.8) is 0 Å². The molecule has 55 heavy (non-hydrogen) atoms. The van der Waals surface area contributed by atoms with E-state index in [0.717, 1.165) is 35.0 Å². The lowest BCUT2D eigenvalue weighted by molar-refractivity contribution is 0.403. The van der Waals surface area contributed by atoms with Gasteiger partial charge in [0.05, 0.1) is 11.4 Å². The maximum atomic E-state index is 7.06. The lowest BCUT2D eigenvalue weighted by Crippen LogP contribution is -2.58. The van der Waals surface area contributed by atoms with Crippen molar-refractivity contribution in [2.45, 2.75) is 78.1 Å². The Morgan fingerprint density at radius 3 is 2.07 bits per heavy atom. The van der Waals surface area contributed by atoms with Gasteiger partial charge < -0.3 is 14.5 Å². The van der Waals surface area contributed by atoms with E-state index >= 15 is 0 Å². The number of ether oxygens (including phenoxy) is 1. The molecule has 0 atom stereocenters. The molecule has 0 fully saturated rings. The van der Waals surface area contributed by atoms with Crippen LogP contribution >= 0.6 is 11.3 Å². The Kier molecular flexibility index (Phi) is 7.39. The molecule has 1 aromatic heterocycles. The minimum Gasteiger partial charge on any atom is -0.458 e. The van der Waals surface area contributed by atoms with Gasteiger partial charge >= 0.3 is 0 Å². The van der Waals surface area contributed by atoms with Crippen molar-refractivity contribution in [1.82, 2.24) is 0 Å². The Labute approximate surface area is 330 Å². The van der Waals surface area contributed by atoms with Crippen molar-refractivity contribution in [2.24, 2.45) is 0 Å². The van der Waals surface area contributed by atoms with E-state index in [4.69, 9.17) is 4.74 Å². The van der Waals surface area contributed by atoms with Crippen LogP contribution in [0.5, 0.6) is 11.5 Å². The van der Waals surface area contributed by atoms with E-state index in [-0.39, 0.29) is 23.0 Å². The summed E-state index contributed by atoms with van der Waals surface area (Å²) in [5.74, 6) is 1.85. The van der Waals surface area contributed by atoms with Crippen LogP contribution in [0.1, 0.15) is 77.1 Å². The Morgan fingerprint density at radius 2 is 1.38 bits per heavy atom. The molecule has 272 valence electrons. The maximum absolute atomic E-state index is 7.06. The number of hydrogen-bond donors (Lipinski definition) is 0. The molecule has 0 N–H and O–H groups in total. The van der Waals surface area contributed by atoms with Gasteiger partial charge in [0.1, 0.15) is 11.5 Å². The van der Waals surface area contributed by atoms with Crippen molar-refractivity contribution in [2.75, 3.05) is 9.80 Å². The van der Waals surface area contributed by atoms with E-state index in [9.17, 15) is 0 Å². The molecule has 0 saturated heterocycles. The number of aryl methyl sites for hydroxylation is 1. The molecule has 7 aromatic rings. The molecule has 1 aliphatic carbocycles. The largest absolute Gasteiger partial charge is 0.458 e. The van der Waals surface area contributed by atoms with E-state index in [2.05, 4.69) is 193 Å². The first-order chi connectivity index (χ1) is 26.3. The molecule has 0 amide bonds. The molecule has 0 spiro atoms. The third kappa shape index (κ3) is 5.30. The van der Waals surface area contributed by atoms with E-state index < -0.39 is 0 Å². The van der Waals surface area contributed by atoms with Crippen LogP contribution < -0.4 is 30.2 Å². The highest BCUT2D eigenvalue weighted by Crippen LogP contribution is 2.53. The summed E-state index contributed by atoms with van der Waals surface area (Å²) in [5.41, 5.74) is 15.1. The zero-order valence-corrected chi connectivity index (χ0v) is 33.9. The van der Waals surface area contributed by atoms with Gasteiger partial charge in [0, 0.05) is 43.7 Å². The summed E-state index contributed by atoms with van der Waals surface area (Å²) < 4.78 is 9.76. The van der Waals surface area contributed by atoms with E-state index in [0.29, 0.717) is 0 Å². The third-order valence-corrected chi connectivity index (χ3v) is 13.5. The lowest BCUT2D eigenvalue weighted by atomic mass is 9.37. The van der Waals surface area contributed by atoms with Crippen LogP contribution in [0.3, 0.4) is 0 Å². The Bertz CT molecular complexity index is 2630. The number of anilines is 6. The van der Waals surface area contributed by atoms with Crippen molar-refractivity contribution < 1.29 is 4.74 Å². The first kappa shape index (κ1) is 34.3. The van der Waals surface area contributed by atoms with E-state index in [1.54, 1.807) is 0 Å². The highest BCUT2D eigenvalue weighted by molar-refractivity contribution is 7.33. The first-order valence-electron chi connectivity index (χ1n) is 19.7. The number of para-hydroxylation sites is 2. The highest BCUT2D eigenvalue weighted by atomic mass is 32.1. The van der Waals surface area contributed by atoms with Crippen LogP contribution in [0, 0.1) is 6.92 Å². The first-order valence-corrected chi connectivity index (χ1v) is 20.5. The molecule has 2 aliphatic heterocycles. The smallest absolute Gasteiger partial charge is 0.268 e. The molecular formula is C50H47BN2OS. The van der Waals surface area contributed by atoms with Gasteiger partial charge in [-0.1, -0.05) is 115 Å². The Morgan fingerprint density at radius 1 is 0.691 bits per heavy atom. The van der Waals surface area contributed by atoms with Crippen LogP contribution in [0.2, 0.25) is 0 Å². The molecule has 5 heteroatoms. The molecule has 3 heterocycles. The quantitative estimate of drug-likeness (QED) is 0.167. The molecule has 0 unspecified atom stereocenters. The van der Waals surface area contributed by atoms with Gasteiger partial charge in [0.15, 0.2) is 0 Å². The predicted molar refractivity (Wildman–Crippen MR) is 236 cm³/mol. The van der Waals surface area contributed by atoms with Crippen molar-refractivity contribution in [3.05, 3.63) is 150 Å². The number of nitrogens with zero attached hydrogens (tertiary/aromatic N) is 2. The van der Waals surface area contributed by atoms with Gasteiger partial charge in [-0.25, -0.2) is 0 Å². The number of benzene rings is 6. The van der Waals surface area contributed by atoms with Gasteiger partial charge in [0.25, 0.3) is 6.71 Å². The summed E-state index contributed by atoms with van der Waals surface area (Å²) in [6, 6.07) is 47.3. The standard InChI is InChI=1S/C50H47BN2OS/c1-31-19-23-42-40(25-31)51-45-41(28-36(29-43(45)54-42)52(33-15-11-9-12-16-33)34-17-13-10-14-18-34)53(35-21-22-38-39(27-35)50(7,8)30-49(38,5)6)46-37-26-32(48(2,3)4)20-24-44(37)55-47(46)51/h9-29H,30H2,1-8H3. The number of rotatable bonds is 4. The van der Waals surface area contributed by atoms with Crippen LogP contribution in [0.25, 0.3) is 10.1 Å². The number of thiophene rings is 1. The molecule has 3 nitrogen and oxygen atoms in total. The average Bonchev–Trinajstić information content (AvgIpc) is 3.62. The van der Waals surface area contributed by atoms with Gasteiger partial charge in [-0.3, -0.25) is 0 Å². The van der Waals surface area contributed by atoms with Crippen LogP contribution in [-0.2, 0) is 16.2 Å². The second-order valence-corrected chi connectivity index (χ2v) is 19.3. The van der Waals surface area contributed by atoms with E-state index in [1.165, 1.54) is 65.1 Å². The number of fused-ring (bicyclic) bond motifs is 7. The second-order valence-electron chi connectivity index (χ2n) is 18.2. The SMILES string of the molecule is Cc1ccc2c(c1)B1c3sc4ccc(C(C)(C)C)cc4c3N(c3ccc4c(c3)C(C)(C)CC4(C)C)c3cc(N(c4ccccc4)c4ccccc4)cc(c31)O2. The summed E-state index contributed by atoms with van der Waals surface area (Å²) in [7, 11) is 0. The summed E-state index contributed by atoms with van der Waals surface area (Å²) in [5, 5.41) is 1.31. The molecule has 0 saturated carbocycles. The minimum atomic E-state index is 0.0121. The highest BCUT2D eigenvalue weighted by Gasteiger charge is 2.46. The fourth-order valence-electron chi connectivity index (χ4n) is 9.92. The molecule has 0 radical (unpaired) electrons. The zero-order chi connectivity index (χ0) is 38.0. The van der Waals surface area contributed by atoms with Crippen LogP contribution in [0.4, 0.5) is 34.1 Å². The predicted octanol–water partition coefficient (Wildman–Crippen LogP) is 12.3. The molecule has 10 rings (SSSR count). The fraction of sp³-hybridized carbons (Fsp3) is 0.240. The van der Waals surface area contributed by atoms with Crippen molar-refractivity contribution >= 4 is 78.0 Å². The average molecular weight is 735 g/mol. The van der Waals surface area contributed by atoms with E-state index in [1.807, 2.05) is 11.3 Å². The van der Waals surface area contributed by atoms with Gasteiger partial charge in [-0.05, 0) is 118 Å². The van der Waals surface area contributed by atoms with Crippen LogP contribution in [-0.4, -0.2) is 6.71 Å². The fourth-order valence-corrected chi connectivity index (χ4v) is 11.2.